The lowest BCUT2D eigenvalue weighted by Gasteiger charge is -2.18. The van der Waals surface area contributed by atoms with E-state index in [2.05, 4.69) is 76.3 Å². The molecular formula is C24H25N3. The maximum atomic E-state index is 4.79. The van der Waals surface area contributed by atoms with E-state index in [1.54, 1.807) is 0 Å². The highest BCUT2D eigenvalue weighted by molar-refractivity contribution is 6.23. The molecule has 0 unspecified atom stereocenters. The first-order chi connectivity index (χ1) is 12.7. The van der Waals surface area contributed by atoms with Crippen LogP contribution in [-0.2, 0) is 10.8 Å². The molecule has 0 aliphatic carbocycles. The van der Waals surface area contributed by atoms with Crippen LogP contribution in [-0.4, -0.2) is 14.4 Å². The van der Waals surface area contributed by atoms with E-state index >= 15 is 0 Å². The lowest BCUT2D eigenvalue weighted by atomic mass is 9.90. The third-order valence-electron chi connectivity index (χ3n) is 5.62. The predicted molar refractivity (Wildman–Crippen MR) is 114 cm³/mol. The van der Waals surface area contributed by atoms with Crippen molar-refractivity contribution in [3.63, 3.8) is 0 Å². The molecule has 5 rings (SSSR count). The molecule has 27 heavy (non-hydrogen) atoms. The SMILES string of the molecule is CC(C)(C)c1cc2c3cccc4c5cc(C(C)(C)C)ncc5n(c2cn1)c34. The van der Waals surface area contributed by atoms with Crippen molar-refractivity contribution in [2.45, 2.75) is 52.4 Å². The zero-order chi connectivity index (χ0) is 19.1. The van der Waals surface area contributed by atoms with E-state index in [-0.39, 0.29) is 10.8 Å². The predicted octanol–water partition coefficient (Wildman–Crippen LogP) is 6.22. The van der Waals surface area contributed by atoms with E-state index in [0.29, 0.717) is 0 Å². The van der Waals surface area contributed by atoms with Crippen molar-refractivity contribution in [3.8, 4) is 0 Å². The maximum Gasteiger partial charge on any atom is 0.0725 e. The second kappa shape index (κ2) is 4.98. The van der Waals surface area contributed by atoms with Crippen LogP contribution in [0.2, 0.25) is 0 Å². The van der Waals surface area contributed by atoms with Crippen LogP contribution in [0.1, 0.15) is 52.9 Å². The molecule has 0 bridgehead atoms. The molecule has 5 aromatic rings. The van der Waals surface area contributed by atoms with Crippen LogP contribution in [0.15, 0.2) is 42.7 Å². The number of pyridine rings is 2. The van der Waals surface area contributed by atoms with Gasteiger partial charge < -0.3 is 4.40 Å². The van der Waals surface area contributed by atoms with E-state index < -0.39 is 0 Å². The zero-order valence-electron chi connectivity index (χ0n) is 16.9. The second-order valence-corrected chi connectivity index (χ2v) is 9.71. The number of rotatable bonds is 0. The second-order valence-electron chi connectivity index (χ2n) is 9.71. The minimum absolute atomic E-state index is 0.0331. The highest BCUT2D eigenvalue weighted by Crippen LogP contribution is 2.40. The third-order valence-corrected chi connectivity index (χ3v) is 5.62. The molecule has 4 aromatic heterocycles. The van der Waals surface area contributed by atoms with E-state index in [4.69, 9.17) is 9.97 Å². The van der Waals surface area contributed by atoms with Gasteiger partial charge in [0.2, 0.25) is 0 Å². The van der Waals surface area contributed by atoms with Crippen LogP contribution in [0.3, 0.4) is 0 Å². The first kappa shape index (κ1) is 16.5. The number of hydrogen-bond acceptors (Lipinski definition) is 2. The van der Waals surface area contributed by atoms with E-state index in [9.17, 15) is 0 Å². The average molecular weight is 355 g/mol. The monoisotopic (exact) mass is 355 g/mol. The summed E-state index contributed by atoms with van der Waals surface area (Å²) in [6.45, 7) is 13.3. The topological polar surface area (TPSA) is 30.2 Å². The van der Waals surface area contributed by atoms with Gasteiger partial charge >= 0.3 is 0 Å². The van der Waals surface area contributed by atoms with Crippen LogP contribution in [0.4, 0.5) is 0 Å². The molecule has 4 heterocycles. The number of benzene rings is 1. The Bertz CT molecular complexity index is 1230. The maximum absolute atomic E-state index is 4.79. The molecule has 1 aromatic carbocycles. The van der Waals surface area contributed by atoms with Gasteiger partial charge in [0.1, 0.15) is 0 Å². The van der Waals surface area contributed by atoms with Crippen molar-refractivity contribution in [1.29, 1.82) is 0 Å². The normalized spacial score (nSPS) is 13.6. The molecule has 0 atom stereocenters. The highest BCUT2D eigenvalue weighted by Gasteiger charge is 2.23. The van der Waals surface area contributed by atoms with Crippen molar-refractivity contribution in [2.24, 2.45) is 0 Å². The molecule has 3 nitrogen and oxygen atoms in total. The standard InChI is InChI=1S/C24H25N3/c1-23(2,3)20-10-16-14-8-7-9-15-17-11-21(24(4,5)6)26-13-19(17)27(22(14)15)18(16)12-25-20/h7-13H,1-6H3. The molecule has 0 saturated carbocycles. The molecule has 0 aliphatic rings. The summed E-state index contributed by atoms with van der Waals surface area (Å²) in [5, 5.41) is 5.14. The summed E-state index contributed by atoms with van der Waals surface area (Å²) in [5.74, 6) is 0. The largest absolute Gasteiger partial charge is 0.305 e. The Morgan fingerprint density at radius 2 is 1.11 bits per heavy atom. The van der Waals surface area contributed by atoms with Crippen molar-refractivity contribution >= 4 is 38.1 Å². The summed E-state index contributed by atoms with van der Waals surface area (Å²) in [6, 6.07) is 11.2. The van der Waals surface area contributed by atoms with Gasteiger partial charge in [0, 0.05) is 43.8 Å². The first-order valence-electron chi connectivity index (χ1n) is 9.61. The lowest BCUT2D eigenvalue weighted by molar-refractivity contribution is 0.570. The fourth-order valence-corrected chi connectivity index (χ4v) is 4.09. The number of fused-ring (bicyclic) bond motifs is 6. The summed E-state index contributed by atoms with van der Waals surface area (Å²) in [6.07, 6.45) is 4.07. The molecule has 3 heteroatoms. The fourth-order valence-electron chi connectivity index (χ4n) is 4.09. The molecular weight excluding hydrogens is 330 g/mol. The van der Waals surface area contributed by atoms with Gasteiger partial charge in [-0.05, 0) is 12.1 Å². The smallest absolute Gasteiger partial charge is 0.0725 e. The summed E-state index contributed by atoms with van der Waals surface area (Å²) >= 11 is 0. The molecule has 136 valence electrons. The number of aromatic nitrogens is 3. The summed E-state index contributed by atoms with van der Waals surface area (Å²) in [5.41, 5.74) is 5.92. The Balaban J connectivity index is 1.96. The minimum atomic E-state index is 0.0331. The summed E-state index contributed by atoms with van der Waals surface area (Å²) < 4.78 is 2.34. The van der Waals surface area contributed by atoms with Crippen molar-refractivity contribution < 1.29 is 0 Å². The molecule has 0 N–H and O–H groups in total. The molecule has 0 fully saturated rings. The number of nitrogens with zero attached hydrogens (tertiary/aromatic N) is 3. The average Bonchev–Trinajstić information content (AvgIpc) is 3.11. The van der Waals surface area contributed by atoms with Crippen LogP contribution in [0.5, 0.6) is 0 Å². The van der Waals surface area contributed by atoms with Crippen LogP contribution in [0, 0.1) is 0 Å². The van der Waals surface area contributed by atoms with Crippen molar-refractivity contribution in [2.75, 3.05) is 0 Å². The zero-order valence-corrected chi connectivity index (χ0v) is 16.9. The van der Waals surface area contributed by atoms with E-state index in [0.717, 1.165) is 22.4 Å². The fraction of sp³-hybridized carbons (Fsp3) is 0.333. The van der Waals surface area contributed by atoms with Crippen LogP contribution < -0.4 is 0 Å². The number of para-hydroxylation sites is 1. The third kappa shape index (κ3) is 2.21. The van der Waals surface area contributed by atoms with Crippen molar-refractivity contribution in [1.82, 2.24) is 14.4 Å². The van der Waals surface area contributed by atoms with Crippen molar-refractivity contribution in [3.05, 3.63) is 54.1 Å². The van der Waals surface area contributed by atoms with Gasteiger partial charge in [0.25, 0.3) is 0 Å². The Kier molecular flexibility index (Phi) is 3.04. The van der Waals surface area contributed by atoms with E-state index in [1.807, 2.05) is 12.4 Å². The minimum Gasteiger partial charge on any atom is -0.305 e. The molecule has 0 radical (unpaired) electrons. The Hall–Kier alpha value is -2.68. The van der Waals surface area contributed by atoms with Gasteiger partial charge in [0.15, 0.2) is 0 Å². The Morgan fingerprint density at radius 1 is 0.667 bits per heavy atom. The summed E-state index contributed by atoms with van der Waals surface area (Å²) in [4.78, 5) is 9.59. The van der Waals surface area contributed by atoms with Gasteiger partial charge in [-0.1, -0.05) is 59.7 Å². The Morgan fingerprint density at radius 3 is 1.52 bits per heavy atom. The summed E-state index contributed by atoms with van der Waals surface area (Å²) in [7, 11) is 0. The quantitative estimate of drug-likeness (QED) is 0.330. The van der Waals surface area contributed by atoms with Crippen LogP contribution >= 0.6 is 0 Å². The van der Waals surface area contributed by atoms with Gasteiger partial charge in [-0.15, -0.1) is 0 Å². The van der Waals surface area contributed by atoms with Crippen LogP contribution in [0.25, 0.3) is 38.1 Å². The molecule has 0 amide bonds. The van der Waals surface area contributed by atoms with Gasteiger partial charge in [-0.25, -0.2) is 0 Å². The van der Waals surface area contributed by atoms with Gasteiger partial charge in [-0.3, -0.25) is 9.97 Å². The van der Waals surface area contributed by atoms with Gasteiger partial charge in [-0.2, -0.15) is 0 Å². The number of hydrogen-bond donors (Lipinski definition) is 0. The molecule has 0 saturated heterocycles. The highest BCUT2D eigenvalue weighted by atomic mass is 14.9. The molecule has 0 spiro atoms. The van der Waals surface area contributed by atoms with E-state index in [1.165, 1.54) is 27.1 Å². The van der Waals surface area contributed by atoms with Gasteiger partial charge in [0.05, 0.1) is 28.9 Å². The first-order valence-corrected chi connectivity index (χ1v) is 9.61. The molecule has 0 aliphatic heterocycles. The lowest BCUT2D eigenvalue weighted by Crippen LogP contribution is -2.13. The Labute approximate surface area is 159 Å².